The van der Waals surface area contributed by atoms with Gasteiger partial charge < -0.3 is 14.6 Å². The highest BCUT2D eigenvalue weighted by Gasteiger charge is 2.22. The summed E-state index contributed by atoms with van der Waals surface area (Å²) in [6.07, 6.45) is 0.122. The minimum absolute atomic E-state index is 0.177. The molecule has 2 aromatic carbocycles. The maximum atomic E-state index is 10.6. The molecule has 0 bridgehead atoms. The Morgan fingerprint density at radius 3 is 2.59 bits per heavy atom. The SMILES string of the molecule is O=C(O)OC1CCN(Cc2ccc(Oc3nc4ccccc4s3)cc2)CC1. The number of rotatable bonds is 5. The highest BCUT2D eigenvalue weighted by Crippen LogP contribution is 2.31. The van der Waals surface area contributed by atoms with Crippen molar-refractivity contribution in [2.75, 3.05) is 13.1 Å². The average Bonchev–Trinajstić information content (AvgIpc) is 3.07. The van der Waals surface area contributed by atoms with Crippen LogP contribution in [0.1, 0.15) is 18.4 Å². The first kappa shape index (κ1) is 17.8. The van der Waals surface area contributed by atoms with Gasteiger partial charge in [-0.1, -0.05) is 35.6 Å². The van der Waals surface area contributed by atoms with Gasteiger partial charge in [0.15, 0.2) is 0 Å². The van der Waals surface area contributed by atoms with Crippen molar-refractivity contribution in [3.63, 3.8) is 0 Å². The Hall–Kier alpha value is -2.64. The predicted octanol–water partition coefficient (Wildman–Crippen LogP) is 4.75. The number of carbonyl (C=O) groups is 1. The molecule has 0 saturated carbocycles. The number of aromatic nitrogens is 1. The Morgan fingerprint density at radius 2 is 1.89 bits per heavy atom. The summed E-state index contributed by atoms with van der Waals surface area (Å²) in [5.41, 5.74) is 2.15. The van der Waals surface area contributed by atoms with Crippen LogP contribution < -0.4 is 4.74 Å². The molecule has 6 nitrogen and oxygen atoms in total. The third-order valence-corrected chi connectivity index (χ3v) is 5.53. The van der Waals surface area contributed by atoms with Gasteiger partial charge >= 0.3 is 6.16 Å². The van der Waals surface area contributed by atoms with Gasteiger partial charge in [0, 0.05) is 19.6 Å². The molecule has 1 saturated heterocycles. The smallest absolute Gasteiger partial charge is 0.450 e. The van der Waals surface area contributed by atoms with E-state index in [1.807, 2.05) is 36.4 Å². The molecule has 7 heteroatoms. The molecule has 140 valence electrons. The van der Waals surface area contributed by atoms with Gasteiger partial charge in [0.2, 0.25) is 0 Å². The second-order valence-corrected chi connectivity index (χ2v) is 7.55. The van der Waals surface area contributed by atoms with Crippen LogP contribution in [-0.4, -0.2) is 40.3 Å². The predicted molar refractivity (Wildman–Crippen MR) is 104 cm³/mol. The van der Waals surface area contributed by atoms with Gasteiger partial charge in [0.25, 0.3) is 5.19 Å². The number of piperidine rings is 1. The van der Waals surface area contributed by atoms with Crippen LogP contribution in [0.2, 0.25) is 0 Å². The first-order chi connectivity index (χ1) is 13.2. The largest absolute Gasteiger partial charge is 0.506 e. The Balaban J connectivity index is 1.32. The molecule has 0 spiro atoms. The van der Waals surface area contributed by atoms with Gasteiger partial charge in [-0.3, -0.25) is 4.90 Å². The van der Waals surface area contributed by atoms with E-state index in [0.717, 1.165) is 48.4 Å². The number of likely N-dealkylation sites (tertiary alicyclic amines) is 1. The summed E-state index contributed by atoms with van der Waals surface area (Å²) >= 11 is 1.53. The van der Waals surface area contributed by atoms with Crippen molar-refractivity contribution >= 4 is 27.7 Å². The van der Waals surface area contributed by atoms with Gasteiger partial charge in [-0.05, 0) is 42.7 Å². The van der Waals surface area contributed by atoms with Gasteiger partial charge in [0.05, 0.1) is 10.2 Å². The summed E-state index contributed by atoms with van der Waals surface area (Å²) in [5, 5.41) is 9.33. The molecule has 4 rings (SSSR count). The summed E-state index contributed by atoms with van der Waals surface area (Å²) in [6, 6.07) is 16.0. The Labute approximate surface area is 161 Å². The van der Waals surface area contributed by atoms with Gasteiger partial charge in [-0.15, -0.1) is 0 Å². The van der Waals surface area contributed by atoms with E-state index in [-0.39, 0.29) is 6.10 Å². The zero-order valence-electron chi connectivity index (χ0n) is 14.7. The zero-order chi connectivity index (χ0) is 18.6. The van der Waals surface area contributed by atoms with Crippen molar-refractivity contribution in [2.45, 2.75) is 25.5 Å². The lowest BCUT2D eigenvalue weighted by Gasteiger charge is -2.31. The second kappa shape index (κ2) is 7.94. The molecule has 1 aromatic heterocycles. The van der Waals surface area contributed by atoms with Crippen molar-refractivity contribution in [2.24, 2.45) is 0 Å². The monoisotopic (exact) mass is 384 g/mol. The van der Waals surface area contributed by atoms with Crippen LogP contribution in [-0.2, 0) is 11.3 Å². The number of nitrogens with zero attached hydrogens (tertiary/aromatic N) is 2. The highest BCUT2D eigenvalue weighted by molar-refractivity contribution is 7.20. The topological polar surface area (TPSA) is 71.9 Å². The standard InChI is InChI=1S/C20H20N2O4S/c23-20(24)26-16-9-11-22(12-10-16)13-14-5-7-15(8-6-14)25-19-21-17-3-1-2-4-18(17)27-19/h1-8,16H,9-13H2,(H,23,24). The zero-order valence-corrected chi connectivity index (χ0v) is 15.5. The number of hydrogen-bond donors (Lipinski definition) is 1. The second-order valence-electron chi connectivity index (χ2n) is 6.55. The number of fused-ring (bicyclic) bond motifs is 1. The Morgan fingerprint density at radius 1 is 1.15 bits per heavy atom. The molecule has 1 aliphatic heterocycles. The van der Waals surface area contributed by atoms with Gasteiger partial charge in [-0.2, -0.15) is 0 Å². The molecule has 0 aliphatic carbocycles. The summed E-state index contributed by atoms with van der Waals surface area (Å²) in [6.45, 7) is 2.50. The minimum atomic E-state index is -1.18. The van der Waals surface area contributed by atoms with Crippen molar-refractivity contribution in [1.82, 2.24) is 9.88 Å². The molecule has 0 unspecified atom stereocenters. The van der Waals surface area contributed by atoms with Crippen LogP contribution >= 0.6 is 11.3 Å². The van der Waals surface area contributed by atoms with E-state index >= 15 is 0 Å². The number of ether oxygens (including phenoxy) is 2. The van der Waals surface area contributed by atoms with E-state index in [1.165, 1.54) is 16.9 Å². The Bertz CT molecular complexity index is 884. The van der Waals surface area contributed by atoms with E-state index in [0.29, 0.717) is 5.19 Å². The summed E-state index contributed by atoms with van der Waals surface area (Å²) < 4.78 is 11.8. The summed E-state index contributed by atoms with van der Waals surface area (Å²) in [4.78, 5) is 17.4. The maximum absolute atomic E-state index is 10.6. The van der Waals surface area contributed by atoms with Crippen LogP contribution in [0.4, 0.5) is 4.79 Å². The van der Waals surface area contributed by atoms with E-state index in [9.17, 15) is 4.79 Å². The molecule has 0 amide bonds. The van der Waals surface area contributed by atoms with E-state index in [1.54, 1.807) is 0 Å². The van der Waals surface area contributed by atoms with E-state index in [2.05, 4.69) is 22.0 Å². The first-order valence-electron chi connectivity index (χ1n) is 8.90. The van der Waals surface area contributed by atoms with E-state index in [4.69, 9.17) is 14.6 Å². The normalized spacial score (nSPS) is 15.7. The van der Waals surface area contributed by atoms with Crippen LogP contribution in [0.5, 0.6) is 10.9 Å². The van der Waals surface area contributed by atoms with Gasteiger partial charge in [-0.25, -0.2) is 9.78 Å². The van der Waals surface area contributed by atoms with Crippen LogP contribution in [0.3, 0.4) is 0 Å². The molecule has 3 aromatic rings. The lowest BCUT2D eigenvalue weighted by atomic mass is 10.1. The van der Waals surface area contributed by atoms with Crippen molar-refractivity contribution in [3.8, 4) is 10.9 Å². The molecule has 0 radical (unpaired) electrons. The summed E-state index contributed by atoms with van der Waals surface area (Å²) in [7, 11) is 0. The highest BCUT2D eigenvalue weighted by atomic mass is 32.1. The minimum Gasteiger partial charge on any atom is -0.450 e. The molecule has 27 heavy (non-hydrogen) atoms. The van der Waals surface area contributed by atoms with Crippen molar-refractivity contribution in [3.05, 3.63) is 54.1 Å². The van der Waals surface area contributed by atoms with Crippen LogP contribution in [0.15, 0.2) is 48.5 Å². The van der Waals surface area contributed by atoms with E-state index < -0.39 is 6.16 Å². The lowest BCUT2D eigenvalue weighted by molar-refractivity contribution is 0.0185. The number of carboxylic acid groups (broad SMARTS) is 1. The third kappa shape index (κ3) is 4.56. The van der Waals surface area contributed by atoms with Crippen molar-refractivity contribution < 1.29 is 19.4 Å². The third-order valence-electron chi connectivity index (χ3n) is 4.61. The number of thiazole rings is 1. The number of para-hydroxylation sites is 1. The molecule has 0 atom stereocenters. The number of benzene rings is 2. The lowest BCUT2D eigenvalue weighted by Crippen LogP contribution is -2.37. The summed E-state index contributed by atoms with van der Waals surface area (Å²) in [5.74, 6) is 0.770. The maximum Gasteiger partial charge on any atom is 0.506 e. The molecule has 1 N–H and O–H groups in total. The molecule has 2 heterocycles. The average molecular weight is 384 g/mol. The molecule has 1 aliphatic rings. The fourth-order valence-corrected chi connectivity index (χ4v) is 4.08. The fourth-order valence-electron chi connectivity index (χ4n) is 3.24. The fraction of sp³-hybridized carbons (Fsp3) is 0.300. The molecular weight excluding hydrogens is 364 g/mol. The first-order valence-corrected chi connectivity index (χ1v) is 9.72. The van der Waals surface area contributed by atoms with Crippen molar-refractivity contribution in [1.29, 1.82) is 0 Å². The molecular formula is C20H20N2O4S. The van der Waals surface area contributed by atoms with Crippen LogP contribution in [0, 0.1) is 0 Å². The molecule has 1 fully saturated rings. The Kier molecular flexibility index (Phi) is 5.22. The van der Waals surface area contributed by atoms with Gasteiger partial charge in [0.1, 0.15) is 11.9 Å². The van der Waals surface area contributed by atoms with Crippen LogP contribution in [0.25, 0.3) is 10.2 Å². The quantitative estimate of drug-likeness (QED) is 0.640. The number of hydrogen-bond acceptors (Lipinski definition) is 6.